The summed E-state index contributed by atoms with van der Waals surface area (Å²) >= 11 is 0. The summed E-state index contributed by atoms with van der Waals surface area (Å²) < 4.78 is 4.82. The van der Waals surface area contributed by atoms with Crippen LogP contribution in [-0.2, 0) is 0 Å². The molecule has 6 nitrogen and oxygen atoms in total. The molecule has 0 aliphatic carbocycles. The second kappa shape index (κ2) is 13.6. The summed E-state index contributed by atoms with van der Waals surface area (Å²) in [7, 11) is 0. The molecule has 0 bridgehead atoms. The van der Waals surface area contributed by atoms with E-state index in [9.17, 15) is 5.26 Å². The molecule has 0 aliphatic heterocycles. The fourth-order valence-electron chi connectivity index (χ4n) is 8.36. The van der Waals surface area contributed by atoms with Crippen LogP contribution in [0, 0.1) is 11.3 Å². The predicted molar refractivity (Wildman–Crippen MR) is 235 cm³/mol. The Balaban J connectivity index is 1.24. The lowest BCUT2D eigenvalue weighted by Crippen LogP contribution is -2.02. The van der Waals surface area contributed by atoms with Gasteiger partial charge in [-0.3, -0.25) is 0 Å². The van der Waals surface area contributed by atoms with Crippen LogP contribution < -0.4 is 0 Å². The Hall–Kier alpha value is -8.14. The third-order valence-electron chi connectivity index (χ3n) is 11.0. The van der Waals surface area contributed by atoms with Gasteiger partial charge in [0.05, 0.1) is 39.4 Å². The van der Waals surface area contributed by atoms with E-state index in [4.69, 9.17) is 15.0 Å². The molecule has 6 heteroatoms. The average Bonchev–Trinajstić information content (AvgIpc) is 3.83. The Labute approximate surface area is 334 Å². The van der Waals surface area contributed by atoms with Gasteiger partial charge >= 0.3 is 0 Å². The maximum Gasteiger partial charge on any atom is 0.164 e. The molecule has 0 saturated carbocycles. The highest BCUT2D eigenvalue weighted by atomic mass is 15.1. The number of fused-ring (bicyclic) bond motifs is 7. The van der Waals surface area contributed by atoms with E-state index >= 15 is 0 Å². The van der Waals surface area contributed by atoms with Gasteiger partial charge in [-0.05, 0) is 60.2 Å². The van der Waals surface area contributed by atoms with Crippen molar-refractivity contribution < 1.29 is 0 Å². The highest BCUT2D eigenvalue weighted by Crippen LogP contribution is 2.44. The van der Waals surface area contributed by atoms with Gasteiger partial charge in [0.15, 0.2) is 17.5 Å². The summed E-state index contributed by atoms with van der Waals surface area (Å²) in [6.45, 7) is 0. The first-order valence-electron chi connectivity index (χ1n) is 19.3. The SMILES string of the molecule is N#Cc1ccc(-c2cc(-c3nc(-c4ccccc4)nc(-c4ccccc4)n3)ccc2-n2c3ccccc3c3ccc4c5ccccc5n(-c5ccccc5)c4c32)cc1. The van der Waals surface area contributed by atoms with E-state index in [-0.39, 0.29) is 0 Å². The van der Waals surface area contributed by atoms with E-state index in [1.54, 1.807) is 0 Å². The largest absolute Gasteiger partial charge is 0.307 e. The molecule has 0 unspecified atom stereocenters. The maximum atomic E-state index is 9.77. The lowest BCUT2D eigenvalue weighted by atomic mass is 9.99. The van der Waals surface area contributed by atoms with Crippen LogP contribution in [0.1, 0.15) is 5.56 Å². The number of rotatable bonds is 6. The highest BCUT2D eigenvalue weighted by molar-refractivity contribution is 6.24. The quantitative estimate of drug-likeness (QED) is 0.170. The second-order valence-corrected chi connectivity index (χ2v) is 14.4. The number of nitriles is 1. The average molecular weight is 741 g/mol. The van der Waals surface area contributed by atoms with Crippen LogP contribution in [0.25, 0.3) is 100 Å². The molecule has 58 heavy (non-hydrogen) atoms. The third kappa shape index (κ3) is 5.37. The Bertz CT molecular complexity index is 3320. The summed E-state index contributed by atoms with van der Waals surface area (Å²) in [5.41, 5.74) is 11.8. The number of nitrogens with zero attached hydrogens (tertiary/aromatic N) is 6. The van der Waals surface area contributed by atoms with Crippen LogP contribution in [0.2, 0.25) is 0 Å². The van der Waals surface area contributed by atoms with E-state index < -0.39 is 0 Å². The topological polar surface area (TPSA) is 72.3 Å². The first kappa shape index (κ1) is 33.2. The van der Waals surface area contributed by atoms with Crippen LogP contribution in [0.4, 0.5) is 0 Å². The van der Waals surface area contributed by atoms with Crippen molar-refractivity contribution in [1.29, 1.82) is 5.26 Å². The molecule has 0 saturated heterocycles. The van der Waals surface area contributed by atoms with Gasteiger partial charge in [-0.2, -0.15) is 5.26 Å². The molecule has 3 aromatic heterocycles. The Morgan fingerprint density at radius 3 is 1.41 bits per heavy atom. The normalized spacial score (nSPS) is 11.4. The maximum absolute atomic E-state index is 9.77. The lowest BCUT2D eigenvalue weighted by molar-refractivity contribution is 1.07. The van der Waals surface area contributed by atoms with Crippen LogP contribution in [0.15, 0.2) is 194 Å². The van der Waals surface area contributed by atoms with E-state index in [1.807, 2.05) is 84.9 Å². The first-order valence-corrected chi connectivity index (χ1v) is 19.3. The van der Waals surface area contributed by atoms with Gasteiger partial charge in [-0.1, -0.05) is 140 Å². The number of para-hydroxylation sites is 3. The van der Waals surface area contributed by atoms with Crippen LogP contribution in [-0.4, -0.2) is 24.1 Å². The van der Waals surface area contributed by atoms with Gasteiger partial charge in [0, 0.05) is 49.5 Å². The van der Waals surface area contributed by atoms with Gasteiger partial charge in [0.2, 0.25) is 0 Å². The fourth-order valence-corrected chi connectivity index (χ4v) is 8.36. The van der Waals surface area contributed by atoms with Crippen LogP contribution >= 0.6 is 0 Å². The molecule has 0 amide bonds. The predicted octanol–water partition coefficient (Wildman–Crippen LogP) is 12.6. The third-order valence-corrected chi connectivity index (χ3v) is 11.0. The zero-order chi connectivity index (χ0) is 38.6. The highest BCUT2D eigenvalue weighted by Gasteiger charge is 2.23. The van der Waals surface area contributed by atoms with E-state index in [0.717, 1.165) is 72.0 Å². The molecular weight excluding hydrogens is 709 g/mol. The Kier molecular flexibility index (Phi) is 7.76. The molecule has 11 rings (SSSR count). The number of aromatic nitrogens is 5. The number of benzene rings is 8. The summed E-state index contributed by atoms with van der Waals surface area (Å²) in [6.07, 6.45) is 0. The molecule has 0 aliphatic rings. The molecule has 3 heterocycles. The summed E-state index contributed by atoms with van der Waals surface area (Å²) in [5.74, 6) is 1.78. The smallest absolute Gasteiger partial charge is 0.164 e. The number of hydrogen-bond acceptors (Lipinski definition) is 4. The Morgan fingerprint density at radius 1 is 0.379 bits per heavy atom. The van der Waals surface area contributed by atoms with Gasteiger partial charge < -0.3 is 9.13 Å². The van der Waals surface area contributed by atoms with Crippen LogP contribution in [0.5, 0.6) is 0 Å². The zero-order valence-electron chi connectivity index (χ0n) is 31.2. The number of hydrogen-bond donors (Lipinski definition) is 0. The van der Waals surface area contributed by atoms with Crippen molar-refractivity contribution in [2.45, 2.75) is 0 Å². The minimum absolute atomic E-state index is 0.572. The minimum atomic E-state index is 0.572. The summed E-state index contributed by atoms with van der Waals surface area (Å²) in [4.78, 5) is 15.1. The molecular formula is C52H32N6. The molecule has 0 spiro atoms. The van der Waals surface area contributed by atoms with Crippen molar-refractivity contribution in [2.75, 3.05) is 0 Å². The zero-order valence-corrected chi connectivity index (χ0v) is 31.2. The molecule has 11 aromatic rings. The van der Waals surface area contributed by atoms with Crippen molar-refractivity contribution >= 4 is 43.6 Å². The van der Waals surface area contributed by atoms with E-state index in [2.05, 4.69) is 124 Å². The lowest BCUT2D eigenvalue weighted by Gasteiger charge is -2.17. The van der Waals surface area contributed by atoms with Crippen molar-refractivity contribution in [2.24, 2.45) is 0 Å². The minimum Gasteiger partial charge on any atom is -0.307 e. The van der Waals surface area contributed by atoms with Crippen molar-refractivity contribution in [3.63, 3.8) is 0 Å². The van der Waals surface area contributed by atoms with Gasteiger partial charge in [0.25, 0.3) is 0 Å². The van der Waals surface area contributed by atoms with Gasteiger partial charge in [-0.15, -0.1) is 0 Å². The van der Waals surface area contributed by atoms with Crippen LogP contribution in [0.3, 0.4) is 0 Å². The standard InChI is InChI=1S/C52H32N6/c53-33-34-24-26-35(27-25-34)44-32-38(52-55-50(36-14-4-1-5-15-36)54-51(56-52)37-16-6-2-7-17-37)28-31-47(44)58-46-23-13-11-21-41(46)43-30-29-42-40-20-10-12-22-45(40)57(48(42)49(43)58)39-18-8-3-9-19-39/h1-32H. The van der Waals surface area contributed by atoms with Crippen molar-refractivity contribution in [3.8, 4) is 62.7 Å². The van der Waals surface area contributed by atoms with Crippen molar-refractivity contribution in [3.05, 3.63) is 200 Å². The molecule has 8 aromatic carbocycles. The molecule has 0 radical (unpaired) electrons. The molecule has 0 N–H and O–H groups in total. The first-order chi connectivity index (χ1) is 28.7. The second-order valence-electron chi connectivity index (χ2n) is 14.4. The Morgan fingerprint density at radius 2 is 0.845 bits per heavy atom. The van der Waals surface area contributed by atoms with Crippen molar-refractivity contribution in [1.82, 2.24) is 24.1 Å². The summed E-state index contributed by atoms with van der Waals surface area (Å²) in [5, 5.41) is 14.5. The van der Waals surface area contributed by atoms with E-state index in [0.29, 0.717) is 23.0 Å². The fraction of sp³-hybridized carbons (Fsp3) is 0. The molecule has 0 atom stereocenters. The van der Waals surface area contributed by atoms with E-state index in [1.165, 1.54) is 10.8 Å². The molecule has 0 fully saturated rings. The summed E-state index contributed by atoms with van der Waals surface area (Å²) in [6, 6.07) is 69.2. The van der Waals surface area contributed by atoms with Gasteiger partial charge in [-0.25, -0.2) is 15.0 Å². The van der Waals surface area contributed by atoms with Gasteiger partial charge in [0.1, 0.15) is 0 Å². The monoisotopic (exact) mass is 740 g/mol. The molecule has 270 valence electrons.